The van der Waals surface area contributed by atoms with E-state index in [9.17, 15) is 9.90 Å². The zero-order chi connectivity index (χ0) is 12.3. The number of carbonyl (C=O) groups is 1. The fraction of sp³-hybridized carbons (Fsp3) is 0.538. The Labute approximate surface area is 101 Å². The molecule has 1 aliphatic carbocycles. The molecule has 0 bridgehead atoms. The van der Waals surface area contributed by atoms with Crippen LogP contribution in [0.4, 0.5) is 5.69 Å². The highest BCUT2D eigenvalue weighted by Crippen LogP contribution is 2.34. The third-order valence-electron chi connectivity index (χ3n) is 3.60. The van der Waals surface area contributed by atoms with Crippen LogP contribution in [0.5, 0.6) is 0 Å². The molecule has 0 unspecified atom stereocenters. The molecule has 2 N–H and O–H groups in total. The third-order valence-corrected chi connectivity index (χ3v) is 3.60. The average Bonchev–Trinajstić information content (AvgIpc) is 2.33. The predicted molar refractivity (Wildman–Crippen MR) is 65.9 cm³/mol. The monoisotopic (exact) mass is 234 g/mol. The number of nitrogens with one attached hydrogen (secondary N) is 1. The maximum Gasteiger partial charge on any atom is 0.329 e. The Bertz CT molecular complexity index is 384. The first-order valence-electron chi connectivity index (χ1n) is 6.04. The second-order valence-electron chi connectivity index (χ2n) is 4.93. The van der Waals surface area contributed by atoms with Crippen LogP contribution in [-0.2, 0) is 4.79 Å². The lowest BCUT2D eigenvalue weighted by atomic mass is 9.77. The quantitative estimate of drug-likeness (QED) is 0.843. The fourth-order valence-electron chi connectivity index (χ4n) is 2.36. The van der Waals surface area contributed by atoms with Gasteiger partial charge in [0.1, 0.15) is 5.54 Å². The number of aromatic nitrogens is 1. The number of carboxylic acids is 1. The summed E-state index contributed by atoms with van der Waals surface area (Å²) >= 11 is 0. The van der Waals surface area contributed by atoms with Crippen molar-refractivity contribution >= 4 is 11.7 Å². The molecule has 1 aliphatic rings. The largest absolute Gasteiger partial charge is 0.480 e. The minimum absolute atomic E-state index is 0.627. The van der Waals surface area contributed by atoms with E-state index in [0.29, 0.717) is 18.8 Å². The number of nitrogens with zero attached hydrogens (tertiary/aromatic N) is 1. The van der Waals surface area contributed by atoms with Crippen LogP contribution < -0.4 is 5.32 Å². The summed E-state index contributed by atoms with van der Waals surface area (Å²) in [6.07, 6.45) is 6.64. The average molecular weight is 234 g/mol. The van der Waals surface area contributed by atoms with Crippen molar-refractivity contribution in [1.82, 2.24) is 4.98 Å². The topological polar surface area (TPSA) is 62.2 Å². The molecule has 0 saturated heterocycles. The summed E-state index contributed by atoms with van der Waals surface area (Å²) in [5.41, 5.74) is 0.0328. The molecule has 1 aromatic heterocycles. The predicted octanol–water partition coefficient (Wildman–Crippen LogP) is 2.53. The van der Waals surface area contributed by atoms with Gasteiger partial charge in [-0.25, -0.2) is 4.79 Å². The van der Waals surface area contributed by atoms with Crippen LogP contribution in [0.15, 0.2) is 24.5 Å². The van der Waals surface area contributed by atoms with Crippen LogP contribution >= 0.6 is 0 Å². The van der Waals surface area contributed by atoms with E-state index >= 15 is 0 Å². The van der Waals surface area contributed by atoms with E-state index in [-0.39, 0.29) is 0 Å². The number of rotatable bonds is 3. The van der Waals surface area contributed by atoms with Gasteiger partial charge in [0.2, 0.25) is 0 Å². The first-order valence-corrected chi connectivity index (χ1v) is 6.04. The number of aliphatic carboxylic acids is 1. The first-order chi connectivity index (χ1) is 8.12. The van der Waals surface area contributed by atoms with Crippen molar-refractivity contribution in [1.29, 1.82) is 0 Å². The first kappa shape index (κ1) is 11.9. The van der Waals surface area contributed by atoms with Gasteiger partial charge in [0.05, 0.1) is 0 Å². The highest BCUT2D eigenvalue weighted by Gasteiger charge is 2.41. The van der Waals surface area contributed by atoms with Crippen molar-refractivity contribution in [2.45, 2.75) is 38.1 Å². The normalized spacial score (nSPS) is 28.6. The molecule has 2 rings (SSSR count). The van der Waals surface area contributed by atoms with Crippen molar-refractivity contribution in [3.8, 4) is 0 Å². The molecule has 1 fully saturated rings. The maximum atomic E-state index is 11.5. The number of anilines is 1. The second-order valence-corrected chi connectivity index (χ2v) is 4.93. The highest BCUT2D eigenvalue weighted by atomic mass is 16.4. The van der Waals surface area contributed by atoms with E-state index in [1.165, 1.54) is 0 Å². The number of carboxylic acid groups (broad SMARTS) is 1. The Morgan fingerprint density at radius 2 is 2.00 bits per heavy atom. The van der Waals surface area contributed by atoms with Gasteiger partial charge in [-0.05, 0) is 43.7 Å². The Balaban J connectivity index is 2.15. The van der Waals surface area contributed by atoms with Crippen LogP contribution in [-0.4, -0.2) is 21.6 Å². The lowest BCUT2D eigenvalue weighted by Gasteiger charge is -2.37. The van der Waals surface area contributed by atoms with Crippen LogP contribution in [0.3, 0.4) is 0 Å². The Hall–Kier alpha value is -1.58. The molecule has 0 atom stereocenters. The summed E-state index contributed by atoms with van der Waals surface area (Å²) in [7, 11) is 0. The van der Waals surface area contributed by atoms with E-state index in [1.54, 1.807) is 12.4 Å². The van der Waals surface area contributed by atoms with Gasteiger partial charge in [-0.1, -0.05) is 6.92 Å². The van der Waals surface area contributed by atoms with Gasteiger partial charge in [0, 0.05) is 18.1 Å². The Morgan fingerprint density at radius 1 is 1.41 bits per heavy atom. The van der Waals surface area contributed by atoms with E-state index in [4.69, 9.17) is 0 Å². The van der Waals surface area contributed by atoms with Gasteiger partial charge in [0.15, 0.2) is 0 Å². The summed E-state index contributed by atoms with van der Waals surface area (Å²) in [6.45, 7) is 2.18. The van der Waals surface area contributed by atoms with Gasteiger partial charge < -0.3 is 10.4 Å². The molecule has 0 radical (unpaired) electrons. The zero-order valence-electron chi connectivity index (χ0n) is 10.0. The molecule has 0 aromatic carbocycles. The fourth-order valence-corrected chi connectivity index (χ4v) is 2.36. The van der Waals surface area contributed by atoms with Crippen molar-refractivity contribution in [2.24, 2.45) is 5.92 Å². The van der Waals surface area contributed by atoms with Crippen LogP contribution in [0.25, 0.3) is 0 Å². The molecule has 4 heteroatoms. The second kappa shape index (κ2) is 4.73. The van der Waals surface area contributed by atoms with Crippen LogP contribution in [0.1, 0.15) is 32.6 Å². The molecule has 0 spiro atoms. The Kier molecular flexibility index (Phi) is 3.31. The SMILES string of the molecule is CC1CCC(Nc2ccncc2)(C(=O)O)CC1. The maximum absolute atomic E-state index is 11.5. The lowest BCUT2D eigenvalue weighted by Crippen LogP contribution is -2.48. The molecule has 1 saturated carbocycles. The van der Waals surface area contributed by atoms with Crippen LogP contribution in [0, 0.1) is 5.92 Å². The van der Waals surface area contributed by atoms with E-state index in [1.807, 2.05) is 12.1 Å². The molecule has 0 aliphatic heterocycles. The standard InChI is InChI=1S/C13H18N2O2/c1-10-2-6-13(7-3-10,12(16)17)15-11-4-8-14-9-5-11/h4-5,8-10H,2-3,6-7H2,1H3,(H,14,15)(H,16,17). The van der Waals surface area contributed by atoms with Gasteiger partial charge in [0.25, 0.3) is 0 Å². The minimum atomic E-state index is -0.798. The number of hydrogen-bond acceptors (Lipinski definition) is 3. The molecule has 0 amide bonds. The number of hydrogen-bond donors (Lipinski definition) is 2. The third kappa shape index (κ3) is 2.57. The molecule has 1 heterocycles. The van der Waals surface area contributed by atoms with Gasteiger partial charge in [-0.15, -0.1) is 0 Å². The van der Waals surface area contributed by atoms with Crippen LogP contribution in [0.2, 0.25) is 0 Å². The summed E-state index contributed by atoms with van der Waals surface area (Å²) in [5.74, 6) is -0.122. The smallest absolute Gasteiger partial charge is 0.329 e. The van der Waals surface area contributed by atoms with Crippen molar-refractivity contribution in [2.75, 3.05) is 5.32 Å². The van der Waals surface area contributed by atoms with Gasteiger partial charge >= 0.3 is 5.97 Å². The summed E-state index contributed by atoms with van der Waals surface area (Å²) < 4.78 is 0. The molecule has 92 valence electrons. The van der Waals surface area contributed by atoms with E-state index in [0.717, 1.165) is 18.5 Å². The molecule has 1 aromatic rings. The summed E-state index contributed by atoms with van der Waals surface area (Å²) in [4.78, 5) is 15.4. The van der Waals surface area contributed by atoms with E-state index in [2.05, 4.69) is 17.2 Å². The van der Waals surface area contributed by atoms with Gasteiger partial charge in [-0.2, -0.15) is 0 Å². The molecule has 4 nitrogen and oxygen atoms in total. The zero-order valence-corrected chi connectivity index (χ0v) is 10.0. The molecule has 17 heavy (non-hydrogen) atoms. The summed E-state index contributed by atoms with van der Waals surface area (Å²) in [5, 5.41) is 12.6. The molecular formula is C13H18N2O2. The van der Waals surface area contributed by atoms with Crippen molar-refractivity contribution in [3.05, 3.63) is 24.5 Å². The van der Waals surface area contributed by atoms with Gasteiger partial charge in [-0.3, -0.25) is 4.98 Å². The number of pyridine rings is 1. The molecular weight excluding hydrogens is 216 g/mol. The highest BCUT2D eigenvalue weighted by molar-refractivity contribution is 5.82. The van der Waals surface area contributed by atoms with Crippen molar-refractivity contribution in [3.63, 3.8) is 0 Å². The Morgan fingerprint density at radius 3 is 2.53 bits per heavy atom. The van der Waals surface area contributed by atoms with E-state index < -0.39 is 11.5 Å². The minimum Gasteiger partial charge on any atom is -0.480 e. The lowest BCUT2D eigenvalue weighted by molar-refractivity contribution is -0.143. The summed E-state index contributed by atoms with van der Waals surface area (Å²) in [6, 6.07) is 3.62. The van der Waals surface area contributed by atoms with Crippen molar-refractivity contribution < 1.29 is 9.90 Å².